The lowest BCUT2D eigenvalue weighted by Crippen LogP contribution is -2.10. The van der Waals surface area contributed by atoms with Gasteiger partial charge in [-0.1, -0.05) is 55.0 Å². The second-order valence-electron chi connectivity index (χ2n) is 8.27. The largest absolute Gasteiger partial charge is 0.508 e. The number of benzene rings is 4. The zero-order valence-electron chi connectivity index (χ0n) is 19.2. The molecule has 0 aliphatic rings. The Hall–Kier alpha value is -3.72. The van der Waals surface area contributed by atoms with Crippen LogP contribution >= 0.6 is 0 Å². The third-order valence-corrected chi connectivity index (χ3v) is 5.86. The van der Waals surface area contributed by atoms with Gasteiger partial charge in [-0.25, -0.2) is 0 Å². The topological polar surface area (TPSA) is 32.7 Å². The second kappa shape index (κ2) is 11.2. The highest BCUT2D eigenvalue weighted by Crippen LogP contribution is 2.36. The summed E-state index contributed by atoms with van der Waals surface area (Å²) >= 11 is 0. The summed E-state index contributed by atoms with van der Waals surface area (Å²) in [7, 11) is 1.70. The summed E-state index contributed by atoms with van der Waals surface area (Å²) in [4.78, 5) is 2.25. The molecule has 168 valence electrons. The number of phenols is 1. The monoisotopic (exact) mass is 437 g/mol. The number of ether oxygens (including phenoxy) is 1. The number of hydrogen-bond acceptors (Lipinski definition) is 3. The lowest BCUT2D eigenvalue weighted by atomic mass is 10.0. The van der Waals surface area contributed by atoms with Crippen molar-refractivity contribution in [3.05, 3.63) is 114 Å². The summed E-state index contributed by atoms with van der Waals surface area (Å²) in [5, 5.41) is 9.59. The minimum absolute atomic E-state index is 0.353. The quantitative estimate of drug-likeness (QED) is 0.257. The van der Waals surface area contributed by atoms with E-state index in [1.54, 1.807) is 13.2 Å². The molecule has 0 unspecified atom stereocenters. The third kappa shape index (κ3) is 6.17. The molecule has 3 nitrogen and oxygen atoms in total. The van der Waals surface area contributed by atoms with Crippen LogP contribution in [0.25, 0.3) is 0 Å². The molecule has 0 amide bonds. The van der Waals surface area contributed by atoms with Gasteiger partial charge in [0.25, 0.3) is 0 Å². The Kier molecular flexibility index (Phi) is 7.65. The molecule has 4 aromatic carbocycles. The number of rotatable bonds is 10. The normalized spacial score (nSPS) is 10.7. The smallest absolute Gasteiger partial charge is 0.120 e. The molecule has 0 saturated heterocycles. The first kappa shape index (κ1) is 22.5. The lowest BCUT2D eigenvalue weighted by Gasteiger charge is -2.26. The standard InChI is InChI=1S/C30H31NO2/c1-33-30-17-9-15-28(23-30)31(26-13-6-3-7-14-26)27-20-18-24(19-21-27)10-4-2-5-11-25-12-8-16-29(32)22-25/h3,6-9,12-23,32H,2,4-5,10-11H2,1H3. The average Bonchev–Trinajstić information content (AvgIpc) is 2.86. The maximum atomic E-state index is 9.59. The van der Waals surface area contributed by atoms with Gasteiger partial charge in [-0.15, -0.1) is 0 Å². The molecule has 33 heavy (non-hydrogen) atoms. The first-order valence-corrected chi connectivity index (χ1v) is 11.6. The highest BCUT2D eigenvalue weighted by atomic mass is 16.5. The molecular formula is C30H31NO2. The van der Waals surface area contributed by atoms with Crippen molar-refractivity contribution >= 4 is 17.1 Å². The van der Waals surface area contributed by atoms with Crippen LogP contribution in [0.3, 0.4) is 0 Å². The van der Waals surface area contributed by atoms with Crippen LogP contribution in [0.4, 0.5) is 17.1 Å². The fraction of sp³-hybridized carbons (Fsp3) is 0.200. The third-order valence-electron chi connectivity index (χ3n) is 5.86. The number of aryl methyl sites for hydroxylation is 2. The van der Waals surface area contributed by atoms with Crippen LogP contribution in [0.1, 0.15) is 30.4 Å². The van der Waals surface area contributed by atoms with E-state index >= 15 is 0 Å². The SMILES string of the molecule is COc1cccc(N(c2ccccc2)c2ccc(CCCCCc3cccc(O)c3)cc2)c1. The summed E-state index contributed by atoms with van der Waals surface area (Å²) in [6.45, 7) is 0. The van der Waals surface area contributed by atoms with Gasteiger partial charge in [-0.2, -0.15) is 0 Å². The maximum absolute atomic E-state index is 9.59. The Morgan fingerprint density at radius 1 is 0.606 bits per heavy atom. The van der Waals surface area contributed by atoms with Gasteiger partial charge in [0.2, 0.25) is 0 Å². The number of methoxy groups -OCH3 is 1. The number of anilines is 3. The van der Waals surface area contributed by atoms with Gasteiger partial charge in [-0.3, -0.25) is 0 Å². The molecular weight excluding hydrogens is 406 g/mol. The summed E-state index contributed by atoms with van der Waals surface area (Å²) in [6.07, 6.45) is 5.57. The molecule has 0 fully saturated rings. The van der Waals surface area contributed by atoms with Crippen molar-refractivity contribution < 1.29 is 9.84 Å². The summed E-state index contributed by atoms with van der Waals surface area (Å²) < 4.78 is 5.45. The van der Waals surface area contributed by atoms with Crippen LogP contribution in [-0.4, -0.2) is 12.2 Å². The molecule has 0 aromatic heterocycles. The highest BCUT2D eigenvalue weighted by molar-refractivity contribution is 5.77. The van der Waals surface area contributed by atoms with E-state index in [1.165, 1.54) is 17.5 Å². The minimum atomic E-state index is 0.353. The van der Waals surface area contributed by atoms with Crippen molar-refractivity contribution in [1.82, 2.24) is 0 Å². The number of unbranched alkanes of at least 4 members (excludes halogenated alkanes) is 2. The predicted octanol–water partition coefficient (Wildman–Crippen LogP) is 7.83. The number of hydrogen-bond donors (Lipinski definition) is 1. The van der Waals surface area contributed by atoms with E-state index in [0.29, 0.717) is 5.75 Å². The zero-order valence-corrected chi connectivity index (χ0v) is 19.2. The fourth-order valence-electron chi connectivity index (χ4n) is 4.13. The Balaban J connectivity index is 1.40. The zero-order chi connectivity index (χ0) is 22.9. The van der Waals surface area contributed by atoms with Gasteiger partial charge in [-0.05, 0) is 85.3 Å². The Labute approximate surface area is 196 Å². The van der Waals surface area contributed by atoms with E-state index in [-0.39, 0.29) is 0 Å². The van der Waals surface area contributed by atoms with Gasteiger partial charge in [0, 0.05) is 23.1 Å². The molecule has 4 rings (SSSR count). The van der Waals surface area contributed by atoms with Crippen molar-refractivity contribution in [1.29, 1.82) is 0 Å². The van der Waals surface area contributed by atoms with Crippen molar-refractivity contribution in [2.24, 2.45) is 0 Å². The second-order valence-corrected chi connectivity index (χ2v) is 8.27. The van der Waals surface area contributed by atoms with E-state index in [9.17, 15) is 5.11 Å². The van der Waals surface area contributed by atoms with Crippen molar-refractivity contribution in [2.75, 3.05) is 12.0 Å². The van der Waals surface area contributed by atoms with Crippen LogP contribution < -0.4 is 9.64 Å². The van der Waals surface area contributed by atoms with Crippen molar-refractivity contribution in [3.8, 4) is 11.5 Å². The van der Waals surface area contributed by atoms with Gasteiger partial charge >= 0.3 is 0 Å². The lowest BCUT2D eigenvalue weighted by molar-refractivity contribution is 0.415. The molecule has 0 aliphatic carbocycles. The predicted molar refractivity (Wildman–Crippen MR) is 137 cm³/mol. The maximum Gasteiger partial charge on any atom is 0.120 e. The Morgan fingerprint density at radius 2 is 1.27 bits per heavy atom. The molecule has 0 radical (unpaired) electrons. The van der Waals surface area contributed by atoms with Crippen LogP contribution in [-0.2, 0) is 12.8 Å². The van der Waals surface area contributed by atoms with E-state index < -0.39 is 0 Å². The highest BCUT2D eigenvalue weighted by Gasteiger charge is 2.12. The van der Waals surface area contributed by atoms with Crippen LogP contribution in [0.15, 0.2) is 103 Å². The number of aromatic hydroxyl groups is 1. The van der Waals surface area contributed by atoms with E-state index in [4.69, 9.17) is 4.74 Å². The molecule has 4 aromatic rings. The fourth-order valence-corrected chi connectivity index (χ4v) is 4.13. The van der Waals surface area contributed by atoms with Crippen LogP contribution in [0, 0.1) is 0 Å². The average molecular weight is 438 g/mol. The molecule has 1 N–H and O–H groups in total. The van der Waals surface area contributed by atoms with Gasteiger partial charge in [0.1, 0.15) is 11.5 Å². The molecule has 0 spiro atoms. The Bertz CT molecular complexity index is 1140. The molecule has 0 saturated carbocycles. The molecule has 3 heteroatoms. The first-order valence-electron chi connectivity index (χ1n) is 11.6. The minimum Gasteiger partial charge on any atom is -0.508 e. The summed E-state index contributed by atoms with van der Waals surface area (Å²) in [5.41, 5.74) is 5.88. The van der Waals surface area contributed by atoms with E-state index in [1.807, 2.05) is 30.3 Å². The number of para-hydroxylation sites is 1. The summed E-state index contributed by atoms with van der Waals surface area (Å²) in [5.74, 6) is 1.20. The Morgan fingerprint density at radius 3 is 2.00 bits per heavy atom. The van der Waals surface area contributed by atoms with Crippen LogP contribution in [0.5, 0.6) is 11.5 Å². The van der Waals surface area contributed by atoms with Gasteiger partial charge in [0.15, 0.2) is 0 Å². The van der Waals surface area contributed by atoms with Gasteiger partial charge in [0.05, 0.1) is 7.11 Å². The molecule has 0 heterocycles. The van der Waals surface area contributed by atoms with Crippen molar-refractivity contribution in [2.45, 2.75) is 32.1 Å². The number of phenolic OH excluding ortho intramolecular Hbond substituents is 1. The van der Waals surface area contributed by atoms with E-state index in [2.05, 4.69) is 71.6 Å². The molecule has 0 bridgehead atoms. The number of nitrogens with zero attached hydrogens (tertiary/aromatic N) is 1. The summed E-state index contributed by atoms with van der Waals surface area (Å²) in [6, 6.07) is 35.0. The van der Waals surface area contributed by atoms with Crippen LogP contribution in [0.2, 0.25) is 0 Å². The molecule has 0 atom stereocenters. The first-order chi connectivity index (χ1) is 16.2. The van der Waals surface area contributed by atoms with Crippen molar-refractivity contribution in [3.63, 3.8) is 0 Å². The molecule has 0 aliphatic heterocycles. The van der Waals surface area contributed by atoms with E-state index in [0.717, 1.165) is 48.5 Å². The van der Waals surface area contributed by atoms with Gasteiger partial charge < -0.3 is 14.7 Å².